The molecule has 2 heterocycles. The first kappa shape index (κ1) is 16.9. The van der Waals surface area contributed by atoms with Gasteiger partial charge in [-0.3, -0.25) is 14.9 Å². The highest BCUT2D eigenvalue weighted by Gasteiger charge is 2.31. The van der Waals surface area contributed by atoms with Gasteiger partial charge >= 0.3 is 0 Å². The fourth-order valence-electron chi connectivity index (χ4n) is 3.46. The number of hydrogen-bond acceptors (Lipinski definition) is 5. The Kier molecular flexibility index (Phi) is 5.11. The molecule has 0 bridgehead atoms. The fourth-order valence-corrected chi connectivity index (χ4v) is 3.46. The molecular weight excluding hydrogens is 302 g/mol. The summed E-state index contributed by atoms with van der Waals surface area (Å²) in [7, 11) is 1.70. The highest BCUT2D eigenvalue weighted by atomic mass is 16.5. The Morgan fingerprint density at radius 1 is 1.21 bits per heavy atom. The Hall–Kier alpha value is -1.98. The number of hydrogen-bond donors (Lipinski definition) is 1. The third-order valence-corrected chi connectivity index (χ3v) is 4.82. The van der Waals surface area contributed by atoms with E-state index in [0.717, 1.165) is 36.5 Å². The third-order valence-electron chi connectivity index (χ3n) is 4.82. The first-order valence-corrected chi connectivity index (χ1v) is 8.36. The number of aliphatic hydroxyl groups excluding tert-OH is 1. The lowest BCUT2D eigenvalue weighted by Crippen LogP contribution is -2.22. The average molecular weight is 327 g/mol. The third kappa shape index (κ3) is 3.74. The zero-order valence-electron chi connectivity index (χ0n) is 14.6. The fraction of sp³-hybridized carbons (Fsp3) is 0.474. The molecule has 0 radical (unpaired) electrons. The molecule has 1 aliphatic rings. The van der Waals surface area contributed by atoms with Gasteiger partial charge in [-0.2, -0.15) is 0 Å². The highest BCUT2D eigenvalue weighted by molar-refractivity contribution is 5.41. The van der Waals surface area contributed by atoms with Gasteiger partial charge in [0.05, 0.1) is 18.9 Å². The molecule has 5 heteroatoms. The number of benzene rings is 1. The molecule has 0 spiro atoms. The summed E-state index contributed by atoms with van der Waals surface area (Å²) < 4.78 is 5.38. The van der Waals surface area contributed by atoms with Crippen LogP contribution in [0, 0.1) is 19.8 Å². The van der Waals surface area contributed by atoms with Crippen molar-refractivity contribution in [1.82, 2.24) is 14.9 Å². The van der Waals surface area contributed by atoms with Crippen LogP contribution >= 0.6 is 0 Å². The first-order valence-electron chi connectivity index (χ1n) is 8.36. The Labute approximate surface area is 143 Å². The molecule has 24 heavy (non-hydrogen) atoms. The molecule has 0 amide bonds. The number of β-amino-alcohol motifs (C(OH)–C–C–N with tert-alkyl or cyclic N) is 1. The predicted octanol–water partition coefficient (Wildman–Crippen LogP) is 2.14. The maximum Gasteiger partial charge on any atom is 0.122 e. The smallest absolute Gasteiger partial charge is 0.122 e. The molecule has 1 aliphatic heterocycles. The summed E-state index contributed by atoms with van der Waals surface area (Å²) in [4.78, 5) is 10.8. The van der Waals surface area contributed by atoms with E-state index < -0.39 is 0 Å². The van der Waals surface area contributed by atoms with Crippen molar-refractivity contribution in [2.24, 2.45) is 5.92 Å². The molecule has 1 N–H and O–H groups in total. The summed E-state index contributed by atoms with van der Waals surface area (Å²) in [5.74, 6) is 1.14. The van der Waals surface area contributed by atoms with Gasteiger partial charge in [-0.1, -0.05) is 6.07 Å². The summed E-state index contributed by atoms with van der Waals surface area (Å²) in [5, 5.41) is 10.4. The number of ether oxygens (including phenoxy) is 1. The van der Waals surface area contributed by atoms with E-state index in [2.05, 4.69) is 40.8 Å². The molecule has 0 saturated carbocycles. The maximum absolute atomic E-state index is 10.4. The van der Waals surface area contributed by atoms with E-state index in [4.69, 9.17) is 4.74 Å². The van der Waals surface area contributed by atoms with Crippen LogP contribution in [0.1, 0.15) is 22.4 Å². The molecule has 2 aromatic rings. The Morgan fingerprint density at radius 2 is 2.04 bits per heavy atom. The van der Waals surface area contributed by atoms with Crippen LogP contribution in [0.3, 0.4) is 0 Å². The maximum atomic E-state index is 10.4. The van der Waals surface area contributed by atoms with E-state index >= 15 is 0 Å². The molecule has 1 fully saturated rings. The second-order valence-corrected chi connectivity index (χ2v) is 6.67. The van der Waals surface area contributed by atoms with E-state index in [-0.39, 0.29) is 12.0 Å². The van der Waals surface area contributed by atoms with Crippen molar-refractivity contribution in [3.05, 3.63) is 53.1 Å². The molecule has 2 unspecified atom stereocenters. The van der Waals surface area contributed by atoms with Crippen LogP contribution < -0.4 is 4.74 Å². The number of nitrogens with zero attached hydrogens (tertiary/aromatic N) is 3. The molecule has 2 atom stereocenters. The lowest BCUT2D eigenvalue weighted by molar-refractivity contribution is 0.140. The number of aliphatic hydroxyl groups is 1. The van der Waals surface area contributed by atoms with Crippen LogP contribution in [0.2, 0.25) is 0 Å². The van der Waals surface area contributed by atoms with Gasteiger partial charge in [0.25, 0.3) is 0 Å². The van der Waals surface area contributed by atoms with Gasteiger partial charge in [0.2, 0.25) is 0 Å². The number of methoxy groups -OCH3 is 1. The van der Waals surface area contributed by atoms with E-state index in [1.54, 1.807) is 25.7 Å². The van der Waals surface area contributed by atoms with Gasteiger partial charge in [0, 0.05) is 44.1 Å². The number of aryl methyl sites for hydroxylation is 2. The molecule has 1 saturated heterocycles. The van der Waals surface area contributed by atoms with Crippen LogP contribution in [-0.4, -0.2) is 46.3 Å². The van der Waals surface area contributed by atoms with Gasteiger partial charge in [-0.25, -0.2) is 0 Å². The van der Waals surface area contributed by atoms with Crippen molar-refractivity contribution >= 4 is 0 Å². The average Bonchev–Trinajstić information content (AvgIpc) is 2.91. The standard InChI is InChI=1S/C19H25N3O2/c1-13-7-19(24-3)14(2)6-15(13)10-22-11-16(18(23)12-22)8-17-9-20-4-5-21-17/h4-7,9,16,18,23H,8,10-12H2,1-3H3. The van der Waals surface area contributed by atoms with Gasteiger partial charge in [0.15, 0.2) is 0 Å². The van der Waals surface area contributed by atoms with Crippen LogP contribution in [0.5, 0.6) is 5.75 Å². The van der Waals surface area contributed by atoms with Gasteiger partial charge in [-0.05, 0) is 43.0 Å². The number of likely N-dealkylation sites (tertiary alicyclic amines) is 1. The molecule has 0 aliphatic carbocycles. The van der Waals surface area contributed by atoms with Crippen molar-refractivity contribution in [2.45, 2.75) is 32.9 Å². The normalized spacial score (nSPS) is 21.2. The monoisotopic (exact) mass is 327 g/mol. The molecule has 1 aromatic heterocycles. The summed E-state index contributed by atoms with van der Waals surface area (Å²) in [6.07, 6.45) is 5.62. The summed E-state index contributed by atoms with van der Waals surface area (Å²) >= 11 is 0. The van der Waals surface area contributed by atoms with Gasteiger partial charge in [-0.15, -0.1) is 0 Å². The zero-order valence-corrected chi connectivity index (χ0v) is 14.6. The lowest BCUT2D eigenvalue weighted by atomic mass is 10.0. The van der Waals surface area contributed by atoms with E-state index in [0.29, 0.717) is 6.54 Å². The molecule has 128 valence electrons. The largest absolute Gasteiger partial charge is 0.496 e. The number of aromatic nitrogens is 2. The Balaban J connectivity index is 1.66. The van der Waals surface area contributed by atoms with Crippen molar-refractivity contribution in [3.8, 4) is 5.75 Å². The number of rotatable bonds is 5. The lowest BCUT2D eigenvalue weighted by Gasteiger charge is -2.18. The van der Waals surface area contributed by atoms with Crippen molar-refractivity contribution in [2.75, 3.05) is 20.2 Å². The van der Waals surface area contributed by atoms with Crippen molar-refractivity contribution in [3.63, 3.8) is 0 Å². The molecule has 5 nitrogen and oxygen atoms in total. The van der Waals surface area contributed by atoms with Crippen LogP contribution in [0.4, 0.5) is 0 Å². The molecule has 1 aromatic carbocycles. The van der Waals surface area contributed by atoms with Crippen LogP contribution in [0.25, 0.3) is 0 Å². The Bertz CT molecular complexity index is 691. The SMILES string of the molecule is COc1cc(C)c(CN2CC(O)C(Cc3cnccn3)C2)cc1C. The predicted molar refractivity (Wildman–Crippen MR) is 93.0 cm³/mol. The van der Waals surface area contributed by atoms with E-state index in [9.17, 15) is 5.11 Å². The van der Waals surface area contributed by atoms with E-state index in [1.807, 2.05) is 0 Å². The van der Waals surface area contributed by atoms with E-state index in [1.165, 1.54) is 11.1 Å². The first-order chi connectivity index (χ1) is 11.6. The molecular formula is C19H25N3O2. The van der Waals surface area contributed by atoms with Crippen LogP contribution in [-0.2, 0) is 13.0 Å². The quantitative estimate of drug-likeness (QED) is 0.912. The van der Waals surface area contributed by atoms with Crippen molar-refractivity contribution < 1.29 is 9.84 Å². The summed E-state index contributed by atoms with van der Waals surface area (Å²) in [5.41, 5.74) is 4.61. The zero-order chi connectivity index (χ0) is 17.1. The summed E-state index contributed by atoms with van der Waals surface area (Å²) in [6.45, 7) is 6.61. The van der Waals surface area contributed by atoms with Crippen LogP contribution in [0.15, 0.2) is 30.7 Å². The second kappa shape index (κ2) is 7.28. The van der Waals surface area contributed by atoms with Crippen molar-refractivity contribution in [1.29, 1.82) is 0 Å². The minimum Gasteiger partial charge on any atom is -0.496 e. The van der Waals surface area contributed by atoms with Gasteiger partial charge < -0.3 is 9.84 Å². The topological polar surface area (TPSA) is 58.5 Å². The van der Waals surface area contributed by atoms with Gasteiger partial charge in [0.1, 0.15) is 5.75 Å². The molecule has 3 rings (SSSR count). The second-order valence-electron chi connectivity index (χ2n) is 6.67. The highest BCUT2D eigenvalue weighted by Crippen LogP contribution is 2.26. The minimum atomic E-state index is -0.313. The minimum absolute atomic E-state index is 0.210. The summed E-state index contributed by atoms with van der Waals surface area (Å²) in [6, 6.07) is 4.28. The Morgan fingerprint density at radius 3 is 2.75 bits per heavy atom.